The van der Waals surface area contributed by atoms with Gasteiger partial charge < -0.3 is 15.4 Å². The van der Waals surface area contributed by atoms with Crippen molar-refractivity contribution < 1.29 is 9.53 Å². The van der Waals surface area contributed by atoms with Crippen molar-refractivity contribution in [3.8, 4) is 11.8 Å². The first-order chi connectivity index (χ1) is 9.56. The Bertz CT molecular complexity index is 555. The van der Waals surface area contributed by atoms with Crippen LogP contribution in [0.4, 0.5) is 0 Å². The number of morpholine rings is 1. The lowest BCUT2D eigenvalue weighted by Crippen LogP contribution is -2.55. The maximum absolute atomic E-state index is 12.8. The third-order valence-corrected chi connectivity index (χ3v) is 3.37. The SMILES string of the molecule is CC1(C)COCCN1C(=O)c1ccccc1C#CCN. The maximum Gasteiger partial charge on any atom is 0.255 e. The van der Waals surface area contributed by atoms with Crippen LogP contribution in [0.15, 0.2) is 24.3 Å². The minimum Gasteiger partial charge on any atom is -0.377 e. The first-order valence-electron chi connectivity index (χ1n) is 6.74. The van der Waals surface area contributed by atoms with E-state index in [2.05, 4.69) is 11.8 Å². The number of hydrogen-bond acceptors (Lipinski definition) is 3. The van der Waals surface area contributed by atoms with Crippen LogP contribution in [0.3, 0.4) is 0 Å². The molecule has 106 valence electrons. The molecule has 1 aromatic carbocycles. The monoisotopic (exact) mass is 272 g/mol. The molecule has 1 aliphatic heterocycles. The van der Waals surface area contributed by atoms with Gasteiger partial charge >= 0.3 is 0 Å². The van der Waals surface area contributed by atoms with E-state index in [1.807, 2.05) is 43.0 Å². The van der Waals surface area contributed by atoms with Gasteiger partial charge in [-0.1, -0.05) is 24.0 Å². The van der Waals surface area contributed by atoms with Crippen LogP contribution in [-0.4, -0.2) is 42.6 Å². The van der Waals surface area contributed by atoms with Crippen molar-refractivity contribution in [3.05, 3.63) is 35.4 Å². The molecule has 2 rings (SSSR count). The van der Waals surface area contributed by atoms with Crippen molar-refractivity contribution in [3.63, 3.8) is 0 Å². The summed E-state index contributed by atoms with van der Waals surface area (Å²) in [6.45, 7) is 6.04. The summed E-state index contributed by atoms with van der Waals surface area (Å²) >= 11 is 0. The summed E-state index contributed by atoms with van der Waals surface area (Å²) in [5.41, 5.74) is 6.46. The Labute approximate surface area is 119 Å². The van der Waals surface area contributed by atoms with Gasteiger partial charge in [0.05, 0.1) is 30.9 Å². The second-order valence-electron chi connectivity index (χ2n) is 5.37. The highest BCUT2D eigenvalue weighted by atomic mass is 16.5. The average Bonchev–Trinajstić information content (AvgIpc) is 2.44. The molecule has 1 amide bonds. The minimum absolute atomic E-state index is 0.000205. The van der Waals surface area contributed by atoms with Crippen molar-refractivity contribution in [1.82, 2.24) is 4.90 Å². The Morgan fingerprint density at radius 2 is 2.20 bits per heavy atom. The zero-order chi connectivity index (χ0) is 14.6. The summed E-state index contributed by atoms with van der Waals surface area (Å²) in [7, 11) is 0. The molecular formula is C16H20N2O2. The zero-order valence-electron chi connectivity index (χ0n) is 12.0. The van der Waals surface area contributed by atoms with Gasteiger partial charge in [-0.05, 0) is 26.0 Å². The summed E-state index contributed by atoms with van der Waals surface area (Å²) in [6.07, 6.45) is 0. The summed E-state index contributed by atoms with van der Waals surface area (Å²) in [5, 5.41) is 0. The third kappa shape index (κ3) is 3.01. The normalized spacial score (nSPS) is 17.2. The van der Waals surface area contributed by atoms with Gasteiger partial charge in [0, 0.05) is 12.1 Å². The molecule has 0 aliphatic carbocycles. The van der Waals surface area contributed by atoms with Crippen LogP contribution in [-0.2, 0) is 4.74 Å². The van der Waals surface area contributed by atoms with E-state index < -0.39 is 0 Å². The molecule has 0 atom stereocenters. The maximum atomic E-state index is 12.8. The lowest BCUT2D eigenvalue weighted by atomic mass is 9.99. The molecule has 4 heteroatoms. The zero-order valence-corrected chi connectivity index (χ0v) is 12.0. The number of nitrogens with zero attached hydrogens (tertiary/aromatic N) is 1. The number of benzene rings is 1. The van der Waals surface area contributed by atoms with E-state index >= 15 is 0 Å². The fourth-order valence-corrected chi connectivity index (χ4v) is 2.31. The van der Waals surface area contributed by atoms with Gasteiger partial charge in [0.15, 0.2) is 0 Å². The average molecular weight is 272 g/mol. The number of ether oxygens (including phenoxy) is 1. The third-order valence-electron chi connectivity index (χ3n) is 3.37. The molecule has 1 heterocycles. The Hall–Kier alpha value is -1.83. The highest BCUT2D eigenvalue weighted by molar-refractivity contribution is 5.97. The Balaban J connectivity index is 2.33. The van der Waals surface area contributed by atoms with Crippen LogP contribution in [0.2, 0.25) is 0 Å². The van der Waals surface area contributed by atoms with E-state index in [4.69, 9.17) is 10.5 Å². The molecular weight excluding hydrogens is 252 g/mol. The molecule has 1 fully saturated rings. The van der Waals surface area contributed by atoms with Crippen LogP contribution < -0.4 is 5.73 Å². The van der Waals surface area contributed by atoms with Gasteiger partial charge in [-0.2, -0.15) is 0 Å². The van der Waals surface area contributed by atoms with E-state index in [-0.39, 0.29) is 18.0 Å². The van der Waals surface area contributed by atoms with E-state index in [0.29, 0.717) is 25.3 Å². The molecule has 1 saturated heterocycles. The second kappa shape index (κ2) is 6.08. The number of hydrogen-bond donors (Lipinski definition) is 1. The van der Waals surface area contributed by atoms with Crippen LogP contribution >= 0.6 is 0 Å². The summed E-state index contributed by atoms with van der Waals surface area (Å²) < 4.78 is 5.46. The molecule has 0 aromatic heterocycles. The second-order valence-corrected chi connectivity index (χ2v) is 5.37. The molecule has 0 radical (unpaired) electrons. The Kier molecular flexibility index (Phi) is 4.43. The largest absolute Gasteiger partial charge is 0.377 e. The van der Waals surface area contributed by atoms with Crippen molar-refractivity contribution in [1.29, 1.82) is 0 Å². The Morgan fingerprint density at radius 3 is 2.90 bits per heavy atom. The van der Waals surface area contributed by atoms with Gasteiger partial charge in [-0.3, -0.25) is 4.79 Å². The van der Waals surface area contributed by atoms with Gasteiger partial charge in [-0.15, -0.1) is 0 Å². The first kappa shape index (κ1) is 14.6. The molecule has 20 heavy (non-hydrogen) atoms. The predicted molar refractivity (Wildman–Crippen MR) is 78.3 cm³/mol. The van der Waals surface area contributed by atoms with Crippen LogP contribution in [0.1, 0.15) is 29.8 Å². The molecule has 4 nitrogen and oxygen atoms in total. The van der Waals surface area contributed by atoms with Gasteiger partial charge in [0.2, 0.25) is 0 Å². The van der Waals surface area contributed by atoms with Crippen LogP contribution in [0.25, 0.3) is 0 Å². The van der Waals surface area contributed by atoms with Crippen molar-refractivity contribution >= 4 is 5.91 Å². The highest BCUT2D eigenvalue weighted by Crippen LogP contribution is 2.22. The number of amides is 1. The van der Waals surface area contributed by atoms with Crippen LogP contribution in [0.5, 0.6) is 0 Å². The molecule has 1 aromatic rings. The fourth-order valence-electron chi connectivity index (χ4n) is 2.31. The Morgan fingerprint density at radius 1 is 1.45 bits per heavy atom. The summed E-state index contributed by atoms with van der Waals surface area (Å²) in [4.78, 5) is 14.6. The molecule has 0 bridgehead atoms. The van der Waals surface area contributed by atoms with E-state index in [1.54, 1.807) is 0 Å². The molecule has 2 N–H and O–H groups in total. The molecule has 0 saturated carbocycles. The van der Waals surface area contributed by atoms with Crippen molar-refractivity contribution in [2.75, 3.05) is 26.3 Å². The van der Waals surface area contributed by atoms with Gasteiger partial charge in [-0.25, -0.2) is 0 Å². The van der Waals surface area contributed by atoms with E-state index in [9.17, 15) is 4.79 Å². The van der Waals surface area contributed by atoms with E-state index in [1.165, 1.54) is 0 Å². The quantitative estimate of drug-likeness (QED) is 0.783. The fraction of sp³-hybridized carbons (Fsp3) is 0.438. The number of rotatable bonds is 1. The standard InChI is InChI=1S/C16H20N2O2/c1-16(2)12-20-11-10-18(16)15(19)14-8-4-3-6-13(14)7-5-9-17/h3-4,6,8H,9-12,17H2,1-2H3. The molecule has 0 spiro atoms. The smallest absolute Gasteiger partial charge is 0.255 e. The lowest BCUT2D eigenvalue weighted by molar-refractivity contribution is -0.0370. The molecule has 0 unspecified atom stereocenters. The first-order valence-corrected chi connectivity index (χ1v) is 6.74. The predicted octanol–water partition coefficient (Wildman–Crippen LogP) is 1.25. The summed E-state index contributed by atoms with van der Waals surface area (Å²) in [5.74, 6) is 5.77. The number of carbonyl (C=O) groups excluding carboxylic acids is 1. The lowest BCUT2D eigenvalue weighted by Gasteiger charge is -2.42. The number of nitrogens with two attached hydrogens (primary N) is 1. The van der Waals surface area contributed by atoms with Gasteiger partial charge in [0.1, 0.15) is 0 Å². The van der Waals surface area contributed by atoms with E-state index in [0.717, 1.165) is 5.56 Å². The molecule has 1 aliphatic rings. The van der Waals surface area contributed by atoms with Crippen molar-refractivity contribution in [2.24, 2.45) is 5.73 Å². The van der Waals surface area contributed by atoms with Crippen molar-refractivity contribution in [2.45, 2.75) is 19.4 Å². The van der Waals surface area contributed by atoms with Gasteiger partial charge in [0.25, 0.3) is 5.91 Å². The number of carbonyl (C=O) groups is 1. The minimum atomic E-state index is -0.302. The topological polar surface area (TPSA) is 55.6 Å². The van der Waals surface area contributed by atoms with Crippen LogP contribution in [0, 0.1) is 11.8 Å². The highest BCUT2D eigenvalue weighted by Gasteiger charge is 2.35. The summed E-state index contributed by atoms with van der Waals surface area (Å²) in [6, 6.07) is 7.40.